The monoisotopic (exact) mass is 422 g/mol. The van der Waals surface area contributed by atoms with Crippen LogP contribution in [-0.4, -0.2) is 69.5 Å². The maximum absolute atomic E-state index is 13.5. The van der Waals surface area contributed by atoms with Gasteiger partial charge in [0.05, 0.1) is 30.8 Å². The minimum Gasteiger partial charge on any atom is -0.465 e. The number of fused-ring (bicyclic) bond motifs is 2. The van der Waals surface area contributed by atoms with Crippen molar-refractivity contribution in [1.82, 2.24) is 0 Å². The Morgan fingerprint density at radius 3 is 2.67 bits per heavy atom. The summed E-state index contributed by atoms with van der Waals surface area (Å²) in [6.07, 6.45) is -2.02. The zero-order valence-electron chi connectivity index (χ0n) is 17.3. The SMILES string of the molecule is C=C1C(=O)[C@]23C[C@@H]1C[C@@H](O)[C@H]2[C@@]12CO[C@]3(O)[C@@H](O)[C@@H]1[C@](C)(COC(C)=O)CC[C@@H]2O. The van der Waals surface area contributed by atoms with Gasteiger partial charge in [0.25, 0.3) is 0 Å². The van der Waals surface area contributed by atoms with Gasteiger partial charge in [0, 0.05) is 29.6 Å². The molecule has 0 radical (unpaired) electrons. The average molecular weight is 422 g/mol. The lowest BCUT2D eigenvalue weighted by Crippen LogP contribution is -2.85. The van der Waals surface area contributed by atoms with Gasteiger partial charge in [0.2, 0.25) is 5.79 Å². The summed E-state index contributed by atoms with van der Waals surface area (Å²) in [6.45, 7) is 7.00. The zero-order chi connectivity index (χ0) is 21.9. The fourth-order valence-electron chi connectivity index (χ4n) is 8.14. The summed E-state index contributed by atoms with van der Waals surface area (Å²) >= 11 is 0. The molecule has 4 bridgehead atoms. The molecule has 0 unspecified atom stereocenters. The molecular formula is C22H30O8. The average Bonchev–Trinajstić information content (AvgIpc) is 2.88. The summed E-state index contributed by atoms with van der Waals surface area (Å²) in [7, 11) is 0. The highest BCUT2D eigenvalue weighted by atomic mass is 16.6. The quantitative estimate of drug-likeness (QED) is 0.359. The van der Waals surface area contributed by atoms with Crippen molar-refractivity contribution < 1.29 is 39.5 Å². The summed E-state index contributed by atoms with van der Waals surface area (Å²) in [4.78, 5) is 25.0. The van der Waals surface area contributed by atoms with Gasteiger partial charge in [0.15, 0.2) is 5.78 Å². The van der Waals surface area contributed by atoms with Crippen molar-refractivity contribution in [3.63, 3.8) is 0 Å². The number of Topliss-reactive ketones (excluding diaryl/α,β-unsaturated/α-hetero) is 1. The van der Waals surface area contributed by atoms with E-state index in [1.165, 1.54) is 6.92 Å². The highest BCUT2D eigenvalue weighted by molar-refractivity contribution is 6.04. The minimum absolute atomic E-state index is 0.00764. The first-order valence-corrected chi connectivity index (χ1v) is 10.7. The highest BCUT2D eigenvalue weighted by Gasteiger charge is 2.86. The number of carbonyl (C=O) groups is 2. The third-order valence-electron chi connectivity index (χ3n) is 9.22. The van der Waals surface area contributed by atoms with Gasteiger partial charge in [-0.15, -0.1) is 0 Å². The number of aliphatic hydroxyl groups is 4. The number of esters is 1. The molecule has 6 rings (SSSR count). The van der Waals surface area contributed by atoms with E-state index in [-0.39, 0.29) is 31.3 Å². The number of hydrogen-bond acceptors (Lipinski definition) is 8. The number of aliphatic hydroxyl groups excluding tert-OH is 3. The minimum atomic E-state index is -2.20. The van der Waals surface area contributed by atoms with Crippen LogP contribution < -0.4 is 0 Å². The summed E-state index contributed by atoms with van der Waals surface area (Å²) in [6, 6.07) is 0. The van der Waals surface area contributed by atoms with E-state index >= 15 is 0 Å². The van der Waals surface area contributed by atoms with Gasteiger partial charge in [-0.3, -0.25) is 9.59 Å². The lowest BCUT2D eigenvalue weighted by molar-refractivity contribution is -0.457. The van der Waals surface area contributed by atoms with Crippen LogP contribution >= 0.6 is 0 Å². The molecule has 2 spiro atoms. The molecule has 4 aliphatic carbocycles. The molecule has 0 aromatic rings. The lowest BCUT2D eigenvalue weighted by Gasteiger charge is -2.74. The Morgan fingerprint density at radius 1 is 1.30 bits per heavy atom. The first-order valence-electron chi connectivity index (χ1n) is 10.7. The van der Waals surface area contributed by atoms with Gasteiger partial charge in [0.1, 0.15) is 6.10 Å². The van der Waals surface area contributed by atoms with Crippen molar-refractivity contribution in [3.8, 4) is 0 Å². The van der Waals surface area contributed by atoms with Gasteiger partial charge < -0.3 is 29.9 Å². The molecule has 4 saturated carbocycles. The van der Waals surface area contributed by atoms with Crippen molar-refractivity contribution in [3.05, 3.63) is 12.2 Å². The summed E-state index contributed by atoms with van der Waals surface area (Å²) in [5, 5.41) is 45.8. The van der Waals surface area contributed by atoms with Crippen LogP contribution in [0.2, 0.25) is 0 Å². The third kappa shape index (κ3) is 2.00. The number of ether oxygens (including phenoxy) is 2. The number of allylic oxidation sites excluding steroid dienone is 1. The van der Waals surface area contributed by atoms with E-state index in [9.17, 15) is 30.0 Å². The molecule has 2 aliphatic heterocycles. The molecule has 6 fully saturated rings. The Hall–Kier alpha value is -1.32. The van der Waals surface area contributed by atoms with Crippen LogP contribution in [0.1, 0.15) is 39.5 Å². The Morgan fingerprint density at radius 2 is 2.00 bits per heavy atom. The third-order valence-corrected chi connectivity index (χ3v) is 9.22. The summed E-state index contributed by atoms with van der Waals surface area (Å²) in [5.74, 6) is -4.84. The van der Waals surface area contributed by atoms with Crippen LogP contribution in [0.25, 0.3) is 0 Å². The maximum atomic E-state index is 13.5. The molecular weight excluding hydrogens is 392 g/mol. The van der Waals surface area contributed by atoms with Crippen LogP contribution in [0.3, 0.4) is 0 Å². The molecule has 8 heteroatoms. The van der Waals surface area contributed by atoms with Crippen LogP contribution in [0, 0.1) is 34.0 Å². The molecule has 6 aliphatic rings. The number of carbonyl (C=O) groups excluding carboxylic acids is 2. The van der Waals surface area contributed by atoms with Crippen molar-refractivity contribution in [1.29, 1.82) is 0 Å². The molecule has 2 saturated heterocycles. The Balaban J connectivity index is 1.72. The molecule has 2 heterocycles. The summed E-state index contributed by atoms with van der Waals surface area (Å²) in [5.41, 5.74) is -3.11. The Bertz CT molecular complexity index is 841. The van der Waals surface area contributed by atoms with Crippen molar-refractivity contribution in [2.45, 2.75) is 63.6 Å². The normalized spacial score (nSPS) is 56.5. The second kappa shape index (κ2) is 5.92. The van der Waals surface area contributed by atoms with E-state index in [0.29, 0.717) is 24.8 Å². The number of hydrogen-bond donors (Lipinski definition) is 4. The smallest absolute Gasteiger partial charge is 0.302 e. The standard InChI is InChI=1S/C22H30O8/c1-10-12-6-13(24)15-20-9-30-22(28,21(15,7-12)17(10)26)18(27)16(20)19(3,5-4-14(20)25)8-29-11(2)23/h12-16,18,24-25,27-28H,1,4-9H2,2-3H3/t12-,13+,14-,15-,16+,18-,19-,20-,21-,22+/m0/s1. The summed E-state index contributed by atoms with van der Waals surface area (Å²) < 4.78 is 11.2. The van der Waals surface area contributed by atoms with Crippen molar-refractivity contribution in [2.75, 3.05) is 13.2 Å². The van der Waals surface area contributed by atoms with Crippen LogP contribution in [0.5, 0.6) is 0 Å². The molecule has 0 aromatic heterocycles. The second-order valence-corrected chi connectivity index (χ2v) is 10.5. The van der Waals surface area contributed by atoms with E-state index in [4.69, 9.17) is 9.47 Å². The van der Waals surface area contributed by atoms with Gasteiger partial charge in [-0.25, -0.2) is 0 Å². The van der Waals surface area contributed by atoms with Gasteiger partial charge in [-0.2, -0.15) is 0 Å². The van der Waals surface area contributed by atoms with Crippen molar-refractivity contribution >= 4 is 11.8 Å². The van der Waals surface area contributed by atoms with Gasteiger partial charge >= 0.3 is 5.97 Å². The number of rotatable bonds is 2. The molecule has 4 N–H and O–H groups in total. The van der Waals surface area contributed by atoms with Crippen LogP contribution in [0.15, 0.2) is 12.2 Å². The van der Waals surface area contributed by atoms with E-state index in [2.05, 4.69) is 6.58 Å². The fourth-order valence-corrected chi connectivity index (χ4v) is 8.14. The lowest BCUT2D eigenvalue weighted by atomic mass is 9.35. The highest BCUT2D eigenvalue weighted by Crippen LogP contribution is 2.76. The first kappa shape index (κ1) is 20.6. The van der Waals surface area contributed by atoms with E-state index in [0.717, 1.165) is 0 Å². The molecule has 10 atom stereocenters. The number of ketones is 1. The van der Waals surface area contributed by atoms with Crippen LogP contribution in [-0.2, 0) is 19.1 Å². The molecule has 0 aromatic carbocycles. The molecule has 166 valence electrons. The van der Waals surface area contributed by atoms with Gasteiger partial charge in [-0.1, -0.05) is 13.5 Å². The second-order valence-electron chi connectivity index (χ2n) is 10.5. The molecule has 30 heavy (non-hydrogen) atoms. The Labute approximate surface area is 174 Å². The van der Waals surface area contributed by atoms with E-state index < -0.39 is 58.1 Å². The first-order chi connectivity index (χ1) is 14.0. The fraction of sp³-hybridized carbons (Fsp3) is 0.818. The Kier molecular flexibility index (Phi) is 4.06. The molecule has 0 amide bonds. The zero-order valence-corrected chi connectivity index (χ0v) is 17.3. The predicted octanol–water partition coefficient (Wildman–Crippen LogP) is -0.0812. The topological polar surface area (TPSA) is 134 Å². The largest absolute Gasteiger partial charge is 0.465 e. The van der Waals surface area contributed by atoms with Crippen LogP contribution in [0.4, 0.5) is 0 Å². The van der Waals surface area contributed by atoms with E-state index in [1.807, 2.05) is 6.92 Å². The predicted molar refractivity (Wildman–Crippen MR) is 102 cm³/mol. The van der Waals surface area contributed by atoms with Crippen molar-refractivity contribution in [2.24, 2.45) is 34.0 Å². The van der Waals surface area contributed by atoms with Gasteiger partial charge in [-0.05, 0) is 37.2 Å². The maximum Gasteiger partial charge on any atom is 0.302 e. The van der Waals surface area contributed by atoms with E-state index in [1.54, 1.807) is 0 Å². The molecule has 8 nitrogen and oxygen atoms in total.